The normalized spacial score (nSPS) is 19.0. The average Bonchev–Trinajstić information content (AvgIpc) is 3.04. The summed E-state index contributed by atoms with van der Waals surface area (Å²) in [6.45, 7) is 2.49. The maximum atomic E-state index is 5.87. The number of morpholine rings is 1. The summed E-state index contributed by atoms with van der Waals surface area (Å²) in [5.74, 6) is 0. The molecule has 1 saturated heterocycles. The van der Waals surface area contributed by atoms with Crippen molar-refractivity contribution >= 4 is 10.8 Å². The quantitative estimate of drug-likeness (QED) is 0.784. The molecule has 21 heavy (non-hydrogen) atoms. The molecule has 4 nitrogen and oxygen atoms in total. The molecule has 1 aliphatic heterocycles. The highest BCUT2D eigenvalue weighted by Gasteiger charge is 2.20. The van der Waals surface area contributed by atoms with E-state index in [1.807, 2.05) is 12.5 Å². The lowest BCUT2D eigenvalue weighted by atomic mass is 10.1. The molecule has 0 bridgehead atoms. The zero-order valence-electron chi connectivity index (χ0n) is 11.7. The van der Waals surface area contributed by atoms with Crippen LogP contribution in [-0.4, -0.2) is 29.2 Å². The van der Waals surface area contributed by atoms with Gasteiger partial charge in [0.15, 0.2) is 0 Å². The number of hydrogen-bond donors (Lipinski definition) is 1. The molecule has 1 aromatic heterocycles. The van der Waals surface area contributed by atoms with Crippen LogP contribution in [0, 0.1) is 0 Å². The molecule has 3 aromatic rings. The molecule has 1 atom stereocenters. The van der Waals surface area contributed by atoms with Crippen LogP contribution in [0.5, 0.6) is 0 Å². The van der Waals surface area contributed by atoms with Gasteiger partial charge in [-0.1, -0.05) is 36.4 Å². The van der Waals surface area contributed by atoms with E-state index >= 15 is 0 Å². The van der Waals surface area contributed by atoms with Crippen LogP contribution in [0.2, 0.25) is 0 Å². The Hall–Kier alpha value is -2.17. The second-order valence-corrected chi connectivity index (χ2v) is 5.25. The lowest BCUT2D eigenvalue weighted by Gasteiger charge is -2.24. The Kier molecular flexibility index (Phi) is 3.18. The van der Waals surface area contributed by atoms with Gasteiger partial charge in [-0.05, 0) is 11.5 Å². The molecule has 2 heterocycles. The third-order valence-electron chi connectivity index (χ3n) is 3.95. The first-order valence-corrected chi connectivity index (χ1v) is 7.26. The second kappa shape index (κ2) is 5.31. The summed E-state index contributed by atoms with van der Waals surface area (Å²) in [5, 5.41) is 5.83. The third kappa shape index (κ3) is 2.22. The Morgan fingerprint density at radius 3 is 2.95 bits per heavy atom. The van der Waals surface area contributed by atoms with Crippen molar-refractivity contribution in [3.8, 4) is 5.69 Å². The second-order valence-electron chi connectivity index (χ2n) is 5.25. The van der Waals surface area contributed by atoms with Crippen molar-refractivity contribution in [3.63, 3.8) is 0 Å². The van der Waals surface area contributed by atoms with Crippen molar-refractivity contribution in [2.45, 2.75) is 6.10 Å². The summed E-state index contributed by atoms with van der Waals surface area (Å²) in [4.78, 5) is 4.34. The molecule has 4 rings (SSSR count). The van der Waals surface area contributed by atoms with Crippen LogP contribution in [0.1, 0.15) is 11.8 Å². The minimum atomic E-state index is 0.0558. The molecule has 106 valence electrons. The number of ether oxygens (including phenoxy) is 1. The van der Waals surface area contributed by atoms with E-state index in [1.165, 1.54) is 10.8 Å². The minimum absolute atomic E-state index is 0.0558. The molecule has 1 unspecified atom stereocenters. The molecular formula is C17H17N3O. The van der Waals surface area contributed by atoms with Crippen molar-refractivity contribution in [2.24, 2.45) is 0 Å². The Labute approximate surface area is 123 Å². The molecular weight excluding hydrogens is 262 g/mol. The summed E-state index contributed by atoms with van der Waals surface area (Å²) in [5.41, 5.74) is 2.24. The van der Waals surface area contributed by atoms with Gasteiger partial charge in [0, 0.05) is 18.5 Å². The molecule has 1 fully saturated rings. The Balaban J connectivity index is 1.84. The van der Waals surface area contributed by atoms with Gasteiger partial charge < -0.3 is 10.1 Å². The van der Waals surface area contributed by atoms with E-state index < -0.39 is 0 Å². The first-order valence-electron chi connectivity index (χ1n) is 7.26. The number of hydrogen-bond acceptors (Lipinski definition) is 3. The zero-order valence-corrected chi connectivity index (χ0v) is 11.7. The predicted molar refractivity (Wildman–Crippen MR) is 82.6 cm³/mol. The number of imidazole rings is 1. The summed E-state index contributed by atoms with van der Waals surface area (Å²) >= 11 is 0. The van der Waals surface area contributed by atoms with Gasteiger partial charge in [-0.25, -0.2) is 4.98 Å². The van der Waals surface area contributed by atoms with E-state index in [0.717, 1.165) is 31.1 Å². The third-order valence-corrected chi connectivity index (χ3v) is 3.95. The first-order chi connectivity index (χ1) is 10.4. The van der Waals surface area contributed by atoms with Gasteiger partial charge in [-0.2, -0.15) is 0 Å². The molecule has 4 heteroatoms. The monoisotopic (exact) mass is 279 g/mol. The number of aromatic nitrogens is 2. The van der Waals surface area contributed by atoms with Gasteiger partial charge in [-0.3, -0.25) is 4.57 Å². The number of fused-ring (bicyclic) bond motifs is 1. The van der Waals surface area contributed by atoms with Crippen LogP contribution in [0.3, 0.4) is 0 Å². The van der Waals surface area contributed by atoms with Crippen molar-refractivity contribution < 1.29 is 4.74 Å². The van der Waals surface area contributed by atoms with E-state index in [2.05, 4.69) is 57.3 Å². The van der Waals surface area contributed by atoms with Gasteiger partial charge in [0.25, 0.3) is 0 Å². The smallest absolute Gasteiger partial charge is 0.112 e. The fourth-order valence-electron chi connectivity index (χ4n) is 2.92. The predicted octanol–water partition coefficient (Wildman–Crippen LogP) is 2.69. The van der Waals surface area contributed by atoms with Gasteiger partial charge in [0.1, 0.15) is 6.10 Å². The number of nitrogens with zero attached hydrogens (tertiary/aromatic N) is 2. The Bertz CT molecular complexity index is 754. The summed E-state index contributed by atoms with van der Waals surface area (Å²) in [6, 6.07) is 14.8. The van der Waals surface area contributed by atoms with Crippen molar-refractivity contribution in [1.29, 1.82) is 0 Å². The van der Waals surface area contributed by atoms with Crippen molar-refractivity contribution in [3.05, 3.63) is 60.7 Å². The van der Waals surface area contributed by atoms with Crippen LogP contribution < -0.4 is 5.32 Å². The van der Waals surface area contributed by atoms with E-state index in [4.69, 9.17) is 4.74 Å². The standard InChI is InChI=1S/C17H17N3O/c1-2-6-14-13(4-1)5-3-7-15(14)20-12-19-10-16(20)17-11-18-8-9-21-17/h1-7,10,12,17-18H,8-9,11H2. The largest absolute Gasteiger partial charge is 0.369 e. The molecule has 1 N–H and O–H groups in total. The van der Waals surface area contributed by atoms with Gasteiger partial charge in [0.05, 0.1) is 30.5 Å². The molecule has 0 saturated carbocycles. The average molecular weight is 279 g/mol. The van der Waals surface area contributed by atoms with E-state index in [9.17, 15) is 0 Å². The number of rotatable bonds is 2. The van der Waals surface area contributed by atoms with Gasteiger partial charge >= 0.3 is 0 Å². The summed E-state index contributed by atoms with van der Waals surface area (Å²) in [6.07, 6.45) is 3.83. The zero-order chi connectivity index (χ0) is 14.1. The Morgan fingerprint density at radius 2 is 2.05 bits per heavy atom. The molecule has 1 aliphatic rings. The summed E-state index contributed by atoms with van der Waals surface area (Å²) in [7, 11) is 0. The maximum Gasteiger partial charge on any atom is 0.112 e. The number of benzene rings is 2. The fourth-order valence-corrected chi connectivity index (χ4v) is 2.92. The van der Waals surface area contributed by atoms with Gasteiger partial charge in [-0.15, -0.1) is 0 Å². The lowest BCUT2D eigenvalue weighted by Crippen LogP contribution is -2.34. The van der Waals surface area contributed by atoms with Gasteiger partial charge in [0.2, 0.25) is 0 Å². The highest BCUT2D eigenvalue weighted by atomic mass is 16.5. The molecule has 0 spiro atoms. The first kappa shape index (κ1) is 12.6. The SMILES string of the molecule is c1ccc2c(-n3cncc3C3CNCCO3)cccc2c1. The van der Waals surface area contributed by atoms with Crippen LogP contribution in [0.25, 0.3) is 16.5 Å². The van der Waals surface area contributed by atoms with Crippen LogP contribution in [0.4, 0.5) is 0 Å². The highest BCUT2D eigenvalue weighted by Crippen LogP contribution is 2.27. The van der Waals surface area contributed by atoms with E-state index in [1.54, 1.807) is 0 Å². The maximum absolute atomic E-state index is 5.87. The molecule has 0 aliphatic carbocycles. The number of nitrogens with one attached hydrogen (secondary N) is 1. The van der Waals surface area contributed by atoms with Crippen molar-refractivity contribution in [2.75, 3.05) is 19.7 Å². The molecule has 0 radical (unpaired) electrons. The Morgan fingerprint density at radius 1 is 1.14 bits per heavy atom. The molecule has 0 amide bonds. The molecule has 2 aromatic carbocycles. The van der Waals surface area contributed by atoms with Crippen LogP contribution >= 0.6 is 0 Å². The van der Waals surface area contributed by atoms with Crippen molar-refractivity contribution in [1.82, 2.24) is 14.9 Å². The van der Waals surface area contributed by atoms with Crippen LogP contribution in [-0.2, 0) is 4.74 Å². The van der Waals surface area contributed by atoms with Crippen LogP contribution in [0.15, 0.2) is 55.0 Å². The summed E-state index contributed by atoms with van der Waals surface area (Å²) < 4.78 is 8.01. The fraction of sp³-hybridized carbons (Fsp3) is 0.235. The minimum Gasteiger partial charge on any atom is -0.369 e. The topological polar surface area (TPSA) is 39.1 Å². The lowest BCUT2D eigenvalue weighted by molar-refractivity contribution is 0.0240. The van der Waals surface area contributed by atoms with E-state index in [-0.39, 0.29) is 6.10 Å². The van der Waals surface area contributed by atoms with E-state index in [0.29, 0.717) is 0 Å². The highest BCUT2D eigenvalue weighted by molar-refractivity contribution is 5.90.